The molecule has 2 atom stereocenters. The van der Waals surface area contributed by atoms with Crippen molar-refractivity contribution in [2.24, 2.45) is 0 Å². The fraction of sp³-hybridized carbons (Fsp3) is 0.350. The molecule has 4 rings (SSSR count). The molecular formula is C20H23N7O3S. The molecule has 1 aromatic carbocycles. The molecule has 2 N–H and O–H groups in total. The number of methoxy groups -OCH3 is 2. The van der Waals surface area contributed by atoms with Crippen molar-refractivity contribution >= 4 is 33.3 Å². The molecule has 1 aliphatic heterocycles. The highest BCUT2D eigenvalue weighted by atomic mass is 32.1. The van der Waals surface area contributed by atoms with E-state index in [1.807, 2.05) is 12.1 Å². The van der Waals surface area contributed by atoms with Crippen LogP contribution in [0.2, 0.25) is 0 Å². The van der Waals surface area contributed by atoms with E-state index >= 15 is 0 Å². The zero-order valence-corrected chi connectivity index (χ0v) is 18.0. The minimum absolute atomic E-state index is 0.213. The molecule has 10 nitrogen and oxygen atoms in total. The van der Waals surface area contributed by atoms with Gasteiger partial charge in [0.25, 0.3) is 5.91 Å². The average molecular weight is 442 g/mol. The number of nitrogens with zero attached hydrogens (tertiary/aromatic N) is 5. The lowest BCUT2D eigenvalue weighted by molar-refractivity contribution is -0.126. The predicted octanol–water partition coefficient (Wildman–Crippen LogP) is 2.35. The molecule has 0 radical (unpaired) electrons. The first-order valence-corrected chi connectivity index (χ1v) is 10.6. The molecule has 1 aliphatic rings. The lowest BCUT2D eigenvalue weighted by Crippen LogP contribution is -2.26. The largest absolute Gasteiger partial charge is 0.497 e. The van der Waals surface area contributed by atoms with Crippen molar-refractivity contribution in [1.29, 1.82) is 0 Å². The zero-order chi connectivity index (χ0) is 21.6. The molecule has 0 saturated carbocycles. The van der Waals surface area contributed by atoms with Crippen LogP contribution in [0.1, 0.15) is 18.1 Å². The van der Waals surface area contributed by atoms with Crippen molar-refractivity contribution in [3.63, 3.8) is 0 Å². The molecule has 162 valence electrons. The molecule has 31 heavy (non-hydrogen) atoms. The third-order valence-corrected chi connectivity index (χ3v) is 5.72. The fourth-order valence-electron chi connectivity index (χ4n) is 3.40. The van der Waals surface area contributed by atoms with E-state index in [0.717, 1.165) is 30.9 Å². The van der Waals surface area contributed by atoms with E-state index in [2.05, 4.69) is 35.9 Å². The lowest BCUT2D eigenvalue weighted by atomic mass is 10.1. The van der Waals surface area contributed by atoms with Gasteiger partial charge in [0, 0.05) is 32.4 Å². The van der Waals surface area contributed by atoms with Crippen molar-refractivity contribution in [2.75, 3.05) is 42.8 Å². The van der Waals surface area contributed by atoms with Crippen molar-refractivity contribution in [2.45, 2.75) is 18.6 Å². The van der Waals surface area contributed by atoms with Crippen molar-refractivity contribution < 1.29 is 14.3 Å². The quantitative estimate of drug-likeness (QED) is 0.543. The van der Waals surface area contributed by atoms with Gasteiger partial charge in [0.15, 0.2) is 11.9 Å². The minimum atomic E-state index is -0.762. The Morgan fingerprint density at radius 1 is 1.16 bits per heavy atom. The molecular weight excluding hydrogens is 418 g/mol. The summed E-state index contributed by atoms with van der Waals surface area (Å²) in [4.78, 5) is 14.9. The maximum absolute atomic E-state index is 12.7. The average Bonchev–Trinajstić information content (AvgIpc) is 3.45. The summed E-state index contributed by atoms with van der Waals surface area (Å²) in [7, 11) is 3.08. The molecule has 0 bridgehead atoms. The summed E-state index contributed by atoms with van der Waals surface area (Å²) in [5, 5.41) is 23.5. The Kier molecular flexibility index (Phi) is 6.53. The zero-order valence-electron chi connectivity index (χ0n) is 17.2. The smallest absolute Gasteiger partial charge is 0.259 e. The number of carbonyl (C=O) groups is 1. The molecule has 1 amide bonds. The highest BCUT2D eigenvalue weighted by Gasteiger charge is 2.25. The first-order chi connectivity index (χ1) is 15.2. The first-order valence-electron chi connectivity index (χ1n) is 9.76. The Labute approximate surface area is 183 Å². The third kappa shape index (κ3) is 5.06. The number of ether oxygens (including phenoxy) is 2. The van der Waals surface area contributed by atoms with Gasteiger partial charge in [-0.25, -0.2) is 0 Å². The number of hydrogen-bond acceptors (Lipinski definition) is 10. The number of anilines is 3. The van der Waals surface area contributed by atoms with Gasteiger partial charge in [-0.2, -0.15) is 5.10 Å². The Morgan fingerprint density at radius 3 is 2.68 bits per heavy atom. The van der Waals surface area contributed by atoms with E-state index in [0.29, 0.717) is 16.0 Å². The van der Waals surface area contributed by atoms with Crippen molar-refractivity contribution in [1.82, 2.24) is 20.4 Å². The molecule has 0 spiro atoms. The normalized spacial score (nSPS) is 16.7. The molecule has 3 heterocycles. The standard InChI is InChI=1S/C20H23N7O3S/c1-29-15-7-5-13(6-8-15)17(30-2)18(28)23-20-26-25-19(31-20)22-14-9-11-27(12-14)16-4-3-10-21-24-16/h3-8,10,14,17H,9,11-12H2,1-2H3,(H,22,25)(H,23,26,28)/t14-,17+/m1/s1. The van der Waals surface area contributed by atoms with Gasteiger partial charge < -0.3 is 19.7 Å². The van der Waals surface area contributed by atoms with Crippen LogP contribution in [0.15, 0.2) is 42.6 Å². The lowest BCUT2D eigenvalue weighted by Gasteiger charge is -2.16. The number of aromatic nitrogens is 4. The van der Waals surface area contributed by atoms with E-state index in [-0.39, 0.29) is 11.9 Å². The van der Waals surface area contributed by atoms with Gasteiger partial charge in [0.1, 0.15) is 5.75 Å². The molecule has 0 aliphatic carbocycles. The molecule has 0 unspecified atom stereocenters. The number of amides is 1. The molecule has 1 saturated heterocycles. The van der Waals surface area contributed by atoms with Gasteiger partial charge in [-0.15, -0.1) is 15.3 Å². The van der Waals surface area contributed by atoms with E-state index in [9.17, 15) is 4.79 Å². The minimum Gasteiger partial charge on any atom is -0.497 e. The highest BCUT2D eigenvalue weighted by Crippen LogP contribution is 2.26. The third-order valence-electron chi connectivity index (χ3n) is 4.95. The molecule has 3 aromatic rings. The van der Waals surface area contributed by atoms with Crippen LogP contribution in [-0.4, -0.2) is 59.7 Å². The van der Waals surface area contributed by atoms with Crippen LogP contribution in [0.5, 0.6) is 5.75 Å². The van der Waals surface area contributed by atoms with Crippen LogP contribution >= 0.6 is 11.3 Å². The van der Waals surface area contributed by atoms with Crippen molar-refractivity contribution in [3.05, 3.63) is 48.2 Å². The second-order valence-corrected chi connectivity index (χ2v) is 7.93. The second kappa shape index (κ2) is 9.67. The molecule has 11 heteroatoms. The first kappa shape index (κ1) is 20.9. The van der Waals surface area contributed by atoms with Crippen LogP contribution in [0.3, 0.4) is 0 Å². The Bertz CT molecular complexity index is 1000. The maximum atomic E-state index is 12.7. The summed E-state index contributed by atoms with van der Waals surface area (Å²) in [6.07, 6.45) is 1.84. The number of carbonyl (C=O) groups excluding carboxylic acids is 1. The summed E-state index contributed by atoms with van der Waals surface area (Å²) in [6, 6.07) is 11.2. The van der Waals surface area contributed by atoms with E-state index in [4.69, 9.17) is 9.47 Å². The summed E-state index contributed by atoms with van der Waals surface area (Å²) < 4.78 is 10.5. The maximum Gasteiger partial charge on any atom is 0.259 e. The van der Waals surface area contributed by atoms with Crippen LogP contribution in [-0.2, 0) is 9.53 Å². The Balaban J connectivity index is 1.33. The topological polar surface area (TPSA) is 114 Å². The van der Waals surface area contributed by atoms with Crippen LogP contribution < -0.4 is 20.3 Å². The fourth-order valence-corrected chi connectivity index (χ4v) is 4.12. The van der Waals surface area contributed by atoms with E-state index in [1.54, 1.807) is 37.6 Å². The van der Waals surface area contributed by atoms with Gasteiger partial charge in [0.05, 0.1) is 7.11 Å². The van der Waals surface area contributed by atoms with E-state index < -0.39 is 6.10 Å². The SMILES string of the molecule is COc1ccc([C@H](OC)C(=O)Nc2nnc(N[C@@H]3CCN(c4cccnn4)C3)s2)cc1. The number of hydrogen-bond donors (Lipinski definition) is 2. The monoisotopic (exact) mass is 441 g/mol. The van der Waals surface area contributed by atoms with Crippen LogP contribution in [0.4, 0.5) is 16.1 Å². The van der Waals surface area contributed by atoms with Crippen LogP contribution in [0.25, 0.3) is 0 Å². The van der Waals surface area contributed by atoms with Crippen LogP contribution in [0, 0.1) is 0 Å². The number of benzene rings is 1. The molecule has 2 aromatic heterocycles. The molecule has 1 fully saturated rings. The van der Waals surface area contributed by atoms with Gasteiger partial charge in [0.2, 0.25) is 10.3 Å². The summed E-state index contributed by atoms with van der Waals surface area (Å²) in [5.41, 5.74) is 0.721. The summed E-state index contributed by atoms with van der Waals surface area (Å²) in [5.74, 6) is 1.26. The van der Waals surface area contributed by atoms with Gasteiger partial charge in [-0.1, -0.05) is 23.5 Å². The second-order valence-electron chi connectivity index (χ2n) is 6.95. The van der Waals surface area contributed by atoms with Gasteiger partial charge in [-0.05, 0) is 36.2 Å². The Morgan fingerprint density at radius 2 is 1.97 bits per heavy atom. The van der Waals surface area contributed by atoms with Crippen molar-refractivity contribution in [3.8, 4) is 5.75 Å². The summed E-state index contributed by atoms with van der Waals surface area (Å²) in [6.45, 7) is 1.68. The Hall–Kier alpha value is -3.31. The van der Waals surface area contributed by atoms with E-state index in [1.165, 1.54) is 18.4 Å². The highest BCUT2D eigenvalue weighted by molar-refractivity contribution is 7.19. The summed E-state index contributed by atoms with van der Waals surface area (Å²) >= 11 is 1.29. The van der Waals surface area contributed by atoms with Gasteiger partial charge in [-0.3, -0.25) is 10.1 Å². The van der Waals surface area contributed by atoms with Gasteiger partial charge >= 0.3 is 0 Å². The predicted molar refractivity (Wildman–Crippen MR) is 118 cm³/mol. The number of nitrogens with one attached hydrogen (secondary N) is 2. The number of rotatable bonds is 8.